The van der Waals surface area contributed by atoms with Gasteiger partial charge in [0.2, 0.25) is 0 Å². The van der Waals surface area contributed by atoms with E-state index in [1.807, 2.05) is 0 Å². The molecule has 3 nitrogen and oxygen atoms in total. The second-order valence-corrected chi connectivity index (χ2v) is 3.32. The Balaban J connectivity index is 4.10. The zero-order chi connectivity index (χ0) is 11.4. The van der Waals surface area contributed by atoms with E-state index >= 15 is 0 Å². The molecule has 0 aliphatic carbocycles. The number of alkyl halides is 3. The summed E-state index contributed by atoms with van der Waals surface area (Å²) in [6.45, 7) is 2.08. The van der Waals surface area contributed by atoms with E-state index in [1.165, 1.54) is 0 Å². The smallest absolute Gasteiger partial charge is 0.401 e. The number of nitrogens with zero attached hydrogens (tertiary/aromatic N) is 1. The Morgan fingerprint density at radius 1 is 1.43 bits per heavy atom. The maximum Gasteiger partial charge on any atom is 0.401 e. The highest BCUT2D eigenvalue weighted by atomic mass is 19.4. The third-order valence-corrected chi connectivity index (χ3v) is 1.73. The SMILES string of the molecule is CC(C)N(CCC(=O)O)CC(F)(F)F. The summed E-state index contributed by atoms with van der Waals surface area (Å²) in [5, 5.41) is 8.33. The number of hydrogen-bond donors (Lipinski definition) is 1. The zero-order valence-corrected chi connectivity index (χ0v) is 8.14. The first-order valence-corrected chi connectivity index (χ1v) is 4.25. The van der Waals surface area contributed by atoms with Crippen molar-refractivity contribution in [3.8, 4) is 0 Å². The monoisotopic (exact) mass is 213 g/mol. The summed E-state index contributed by atoms with van der Waals surface area (Å²) in [5.41, 5.74) is 0. The lowest BCUT2D eigenvalue weighted by Gasteiger charge is -2.26. The predicted molar refractivity (Wildman–Crippen MR) is 45.0 cm³/mol. The number of halogens is 3. The van der Waals surface area contributed by atoms with Gasteiger partial charge in [-0.05, 0) is 13.8 Å². The third-order valence-electron chi connectivity index (χ3n) is 1.73. The third kappa shape index (κ3) is 6.71. The quantitative estimate of drug-likeness (QED) is 0.756. The molecule has 0 amide bonds. The average molecular weight is 213 g/mol. The highest BCUT2D eigenvalue weighted by molar-refractivity contribution is 5.66. The van der Waals surface area contributed by atoms with Gasteiger partial charge in [0, 0.05) is 12.6 Å². The van der Waals surface area contributed by atoms with Gasteiger partial charge in [0.1, 0.15) is 0 Å². The first-order chi connectivity index (χ1) is 6.22. The van der Waals surface area contributed by atoms with Crippen molar-refractivity contribution in [3.63, 3.8) is 0 Å². The normalized spacial score (nSPS) is 12.5. The molecule has 0 bridgehead atoms. The average Bonchev–Trinajstić information content (AvgIpc) is 1.94. The fourth-order valence-corrected chi connectivity index (χ4v) is 0.989. The number of aliphatic carboxylic acids is 1. The lowest BCUT2D eigenvalue weighted by Crippen LogP contribution is -2.40. The molecule has 0 fully saturated rings. The molecule has 0 heterocycles. The molecule has 0 aliphatic heterocycles. The van der Waals surface area contributed by atoms with Crippen LogP contribution in [0.4, 0.5) is 13.2 Å². The van der Waals surface area contributed by atoms with Gasteiger partial charge in [-0.2, -0.15) is 13.2 Å². The molecule has 0 aromatic heterocycles. The largest absolute Gasteiger partial charge is 0.481 e. The Kier molecular flexibility index (Phi) is 4.90. The molecular formula is C8H14F3NO2. The number of rotatable bonds is 5. The number of carboxylic acids is 1. The first-order valence-electron chi connectivity index (χ1n) is 4.25. The topological polar surface area (TPSA) is 40.5 Å². The fourth-order valence-electron chi connectivity index (χ4n) is 0.989. The second-order valence-electron chi connectivity index (χ2n) is 3.32. The predicted octanol–water partition coefficient (Wildman–Crippen LogP) is 1.73. The van der Waals surface area contributed by atoms with Crippen molar-refractivity contribution < 1.29 is 23.1 Å². The van der Waals surface area contributed by atoms with Crippen molar-refractivity contribution in [1.82, 2.24) is 4.90 Å². The van der Waals surface area contributed by atoms with Gasteiger partial charge >= 0.3 is 12.1 Å². The zero-order valence-electron chi connectivity index (χ0n) is 8.14. The van der Waals surface area contributed by atoms with Gasteiger partial charge in [0.25, 0.3) is 0 Å². The molecule has 0 spiro atoms. The lowest BCUT2D eigenvalue weighted by atomic mass is 10.3. The van der Waals surface area contributed by atoms with Crippen LogP contribution in [-0.2, 0) is 4.79 Å². The van der Waals surface area contributed by atoms with E-state index in [0.717, 1.165) is 4.90 Å². The highest BCUT2D eigenvalue weighted by Gasteiger charge is 2.31. The lowest BCUT2D eigenvalue weighted by molar-refractivity contribution is -0.152. The molecule has 14 heavy (non-hydrogen) atoms. The van der Waals surface area contributed by atoms with Crippen molar-refractivity contribution in [2.24, 2.45) is 0 Å². The van der Waals surface area contributed by atoms with Crippen LogP contribution in [-0.4, -0.2) is 41.3 Å². The van der Waals surface area contributed by atoms with Crippen LogP contribution < -0.4 is 0 Å². The summed E-state index contributed by atoms with van der Waals surface area (Å²) in [6.07, 6.45) is -4.54. The summed E-state index contributed by atoms with van der Waals surface area (Å²) in [5.74, 6) is -1.09. The Bertz CT molecular complexity index is 192. The molecular weight excluding hydrogens is 199 g/mol. The molecule has 0 aromatic carbocycles. The summed E-state index contributed by atoms with van der Waals surface area (Å²) in [6, 6.07) is -0.309. The van der Waals surface area contributed by atoms with Crippen LogP contribution in [0.25, 0.3) is 0 Å². The first kappa shape index (κ1) is 13.2. The molecule has 0 saturated carbocycles. The van der Waals surface area contributed by atoms with Crippen LogP contribution in [0.5, 0.6) is 0 Å². The number of carboxylic acid groups (broad SMARTS) is 1. The molecule has 0 rings (SSSR count). The van der Waals surface area contributed by atoms with Crippen molar-refractivity contribution in [3.05, 3.63) is 0 Å². The van der Waals surface area contributed by atoms with Gasteiger partial charge in [-0.25, -0.2) is 0 Å². The molecule has 0 aromatic rings. The van der Waals surface area contributed by atoms with Crippen molar-refractivity contribution >= 4 is 5.97 Å². The summed E-state index contributed by atoms with van der Waals surface area (Å²) in [7, 11) is 0. The Morgan fingerprint density at radius 2 is 1.93 bits per heavy atom. The molecule has 0 aliphatic rings. The van der Waals surface area contributed by atoms with Crippen LogP contribution in [0.1, 0.15) is 20.3 Å². The van der Waals surface area contributed by atoms with E-state index < -0.39 is 18.7 Å². The van der Waals surface area contributed by atoms with Crippen LogP contribution in [0.15, 0.2) is 0 Å². The van der Waals surface area contributed by atoms with Gasteiger partial charge in [-0.15, -0.1) is 0 Å². The minimum absolute atomic E-state index is 0.0769. The van der Waals surface area contributed by atoms with E-state index in [0.29, 0.717) is 0 Å². The van der Waals surface area contributed by atoms with Crippen molar-refractivity contribution in [1.29, 1.82) is 0 Å². The standard InChI is InChI=1S/C8H14F3NO2/c1-6(2)12(4-3-7(13)14)5-8(9,10)11/h6H,3-5H2,1-2H3,(H,13,14). The molecule has 0 radical (unpaired) electrons. The van der Waals surface area contributed by atoms with Gasteiger partial charge in [-0.3, -0.25) is 9.69 Å². The maximum atomic E-state index is 12.0. The van der Waals surface area contributed by atoms with Crippen LogP contribution in [0.3, 0.4) is 0 Å². The van der Waals surface area contributed by atoms with Gasteiger partial charge in [0.05, 0.1) is 13.0 Å². The van der Waals surface area contributed by atoms with Crippen LogP contribution >= 0.6 is 0 Å². The van der Waals surface area contributed by atoms with E-state index in [2.05, 4.69) is 0 Å². The molecule has 1 N–H and O–H groups in total. The maximum absolute atomic E-state index is 12.0. The van der Waals surface area contributed by atoms with Gasteiger partial charge < -0.3 is 5.11 Å². The van der Waals surface area contributed by atoms with Crippen molar-refractivity contribution in [2.75, 3.05) is 13.1 Å². The summed E-state index contributed by atoms with van der Waals surface area (Å²) >= 11 is 0. The highest BCUT2D eigenvalue weighted by Crippen LogP contribution is 2.17. The van der Waals surface area contributed by atoms with E-state index in [-0.39, 0.29) is 19.0 Å². The van der Waals surface area contributed by atoms with Crippen LogP contribution in [0, 0.1) is 0 Å². The minimum atomic E-state index is -4.28. The van der Waals surface area contributed by atoms with E-state index in [4.69, 9.17) is 5.11 Å². The molecule has 0 atom stereocenters. The van der Waals surface area contributed by atoms with Crippen LogP contribution in [0.2, 0.25) is 0 Å². The number of carbonyl (C=O) groups is 1. The second kappa shape index (κ2) is 5.19. The van der Waals surface area contributed by atoms with E-state index in [9.17, 15) is 18.0 Å². The molecule has 0 saturated heterocycles. The van der Waals surface area contributed by atoms with Gasteiger partial charge in [0.15, 0.2) is 0 Å². The van der Waals surface area contributed by atoms with Crippen molar-refractivity contribution in [2.45, 2.75) is 32.5 Å². The molecule has 84 valence electrons. The van der Waals surface area contributed by atoms with Gasteiger partial charge in [-0.1, -0.05) is 0 Å². The molecule has 6 heteroatoms. The fraction of sp³-hybridized carbons (Fsp3) is 0.875. The summed E-state index contributed by atoms with van der Waals surface area (Å²) in [4.78, 5) is 11.3. The molecule has 0 unspecified atom stereocenters. The minimum Gasteiger partial charge on any atom is -0.481 e. The summed E-state index contributed by atoms with van der Waals surface area (Å²) < 4.78 is 36.0. The number of hydrogen-bond acceptors (Lipinski definition) is 2. The Hall–Kier alpha value is -0.780. The van der Waals surface area contributed by atoms with E-state index in [1.54, 1.807) is 13.8 Å². The Morgan fingerprint density at radius 3 is 2.21 bits per heavy atom. The Labute approximate surface area is 80.5 Å².